The van der Waals surface area contributed by atoms with Gasteiger partial charge in [0, 0.05) is 17.6 Å². The van der Waals surface area contributed by atoms with Crippen LogP contribution in [0.4, 0.5) is 10.1 Å². The summed E-state index contributed by atoms with van der Waals surface area (Å²) in [7, 11) is -2.03. The average Bonchev–Trinajstić information content (AvgIpc) is 3.31. The highest BCUT2D eigenvalue weighted by molar-refractivity contribution is 7.89. The highest BCUT2D eigenvalue weighted by Crippen LogP contribution is 2.48. The van der Waals surface area contributed by atoms with Gasteiger partial charge in [-0.25, -0.2) is 16.8 Å². The summed E-state index contributed by atoms with van der Waals surface area (Å²) in [5.41, 5.74) is 1.83. The number of hydrogen-bond donors (Lipinski definition) is 1. The number of nitrogens with one attached hydrogen (secondary N) is 1. The second kappa shape index (κ2) is 6.55. The third kappa shape index (κ3) is 2.75. The van der Waals surface area contributed by atoms with Crippen molar-refractivity contribution in [3.63, 3.8) is 0 Å². The first-order valence-corrected chi connectivity index (χ1v) is 11.8. The van der Waals surface area contributed by atoms with E-state index in [1.165, 1.54) is 23.3 Å². The summed E-state index contributed by atoms with van der Waals surface area (Å²) >= 11 is 0. The summed E-state index contributed by atoms with van der Waals surface area (Å²) in [6.45, 7) is 5.72. The Labute approximate surface area is 184 Å². The van der Waals surface area contributed by atoms with E-state index in [1.54, 1.807) is 24.3 Å². The Kier molecular flexibility index (Phi) is 4.20. The van der Waals surface area contributed by atoms with Crippen molar-refractivity contribution in [2.45, 2.75) is 26.3 Å². The highest BCUT2D eigenvalue weighted by atomic mass is 32.2. The molecule has 0 saturated carbocycles. The smallest absolute Gasteiger partial charge is 0.236 e. The quantitative estimate of drug-likeness (QED) is 0.505. The average molecular weight is 456 g/mol. The number of nitrogens with zero attached hydrogens (tertiary/aromatic N) is 4. The van der Waals surface area contributed by atoms with Crippen LogP contribution in [0.15, 0.2) is 36.5 Å². The van der Waals surface area contributed by atoms with E-state index in [9.17, 15) is 8.42 Å². The summed E-state index contributed by atoms with van der Waals surface area (Å²) in [5, 5.41) is 12.5. The summed E-state index contributed by atoms with van der Waals surface area (Å²) in [6.07, 6.45) is 2.60. The van der Waals surface area contributed by atoms with Crippen molar-refractivity contribution >= 4 is 26.6 Å². The number of benzene rings is 2. The van der Waals surface area contributed by atoms with Gasteiger partial charge in [-0.3, -0.25) is 4.57 Å². The van der Waals surface area contributed by atoms with E-state index in [-0.39, 0.29) is 5.56 Å². The van der Waals surface area contributed by atoms with Gasteiger partial charge in [-0.15, -0.1) is 10.2 Å². The van der Waals surface area contributed by atoms with Gasteiger partial charge < -0.3 is 10.1 Å². The van der Waals surface area contributed by atoms with Gasteiger partial charge in [0.1, 0.15) is 17.3 Å². The highest BCUT2D eigenvalue weighted by Gasteiger charge is 2.37. The molecule has 0 spiro atoms. The molecule has 3 heterocycles. The minimum absolute atomic E-state index is 0.239. The maximum atomic E-state index is 15.6. The Morgan fingerprint density at radius 1 is 1.19 bits per heavy atom. The molecule has 1 aliphatic rings. The number of halogens is 1. The summed E-state index contributed by atoms with van der Waals surface area (Å²) in [4.78, 5) is 0. The molecule has 0 aliphatic carbocycles. The van der Waals surface area contributed by atoms with E-state index in [4.69, 9.17) is 4.74 Å². The first-order valence-electron chi connectivity index (χ1n) is 9.97. The molecule has 0 unspecified atom stereocenters. The number of aromatic nitrogens is 4. The van der Waals surface area contributed by atoms with E-state index in [0.717, 1.165) is 6.26 Å². The Balaban J connectivity index is 1.87. The van der Waals surface area contributed by atoms with Crippen molar-refractivity contribution in [1.82, 2.24) is 18.7 Å². The molecule has 166 valence electrons. The van der Waals surface area contributed by atoms with Crippen molar-refractivity contribution in [2.24, 2.45) is 0 Å². The maximum absolute atomic E-state index is 15.6. The van der Waals surface area contributed by atoms with Crippen LogP contribution in [0.3, 0.4) is 0 Å². The van der Waals surface area contributed by atoms with Crippen LogP contribution in [0.1, 0.15) is 25.5 Å². The molecule has 0 atom stereocenters. The van der Waals surface area contributed by atoms with Crippen LogP contribution in [-0.2, 0) is 15.6 Å². The van der Waals surface area contributed by atoms with E-state index in [2.05, 4.69) is 15.5 Å². The van der Waals surface area contributed by atoms with Crippen LogP contribution >= 0.6 is 0 Å². The second-order valence-corrected chi connectivity index (χ2v) is 10.3. The topological polar surface area (TPSA) is 91.0 Å². The predicted molar refractivity (Wildman–Crippen MR) is 120 cm³/mol. The number of ether oxygens (including phenoxy) is 1. The van der Waals surface area contributed by atoms with Crippen molar-refractivity contribution in [1.29, 1.82) is 0 Å². The van der Waals surface area contributed by atoms with Crippen LogP contribution in [0.25, 0.3) is 27.7 Å². The van der Waals surface area contributed by atoms with Crippen molar-refractivity contribution in [3.8, 4) is 22.6 Å². The van der Waals surface area contributed by atoms with E-state index in [0.29, 0.717) is 45.2 Å². The van der Waals surface area contributed by atoms with Gasteiger partial charge in [0.2, 0.25) is 10.0 Å². The van der Waals surface area contributed by atoms with E-state index >= 15 is 4.39 Å². The molecule has 4 aromatic rings. The Bertz CT molecular complexity index is 1520. The zero-order valence-electron chi connectivity index (χ0n) is 18.3. The number of rotatable bonds is 3. The lowest BCUT2D eigenvalue weighted by Crippen LogP contribution is -2.36. The normalized spacial score (nSPS) is 14.7. The van der Waals surface area contributed by atoms with E-state index in [1.807, 2.05) is 25.3 Å². The molecule has 10 heteroatoms. The fraction of sp³-hybridized carbons (Fsp3) is 0.273. The van der Waals surface area contributed by atoms with Crippen LogP contribution < -0.4 is 10.1 Å². The Morgan fingerprint density at radius 2 is 1.94 bits per heavy atom. The number of aryl methyl sites for hydroxylation is 1. The summed E-state index contributed by atoms with van der Waals surface area (Å²) < 4.78 is 48.8. The molecule has 2 aromatic heterocycles. The van der Waals surface area contributed by atoms with Gasteiger partial charge in [-0.1, -0.05) is 12.1 Å². The van der Waals surface area contributed by atoms with Gasteiger partial charge in [-0.05, 0) is 38.5 Å². The monoisotopic (exact) mass is 455 g/mol. The first-order chi connectivity index (χ1) is 15.0. The zero-order valence-corrected chi connectivity index (χ0v) is 19.1. The van der Waals surface area contributed by atoms with Crippen LogP contribution in [-0.4, -0.2) is 40.5 Å². The van der Waals surface area contributed by atoms with Crippen LogP contribution in [0, 0.1) is 12.7 Å². The van der Waals surface area contributed by atoms with Gasteiger partial charge in [0.05, 0.1) is 35.7 Å². The third-order valence-electron chi connectivity index (χ3n) is 5.79. The van der Waals surface area contributed by atoms with Crippen LogP contribution in [0.2, 0.25) is 0 Å². The maximum Gasteiger partial charge on any atom is 0.236 e. The van der Waals surface area contributed by atoms with Crippen LogP contribution in [0.5, 0.6) is 5.75 Å². The lowest BCUT2D eigenvalue weighted by atomic mass is 9.95. The minimum atomic E-state index is -3.52. The molecule has 0 saturated heterocycles. The Morgan fingerprint density at radius 3 is 2.62 bits per heavy atom. The van der Waals surface area contributed by atoms with Crippen molar-refractivity contribution in [2.75, 3.05) is 18.7 Å². The fourth-order valence-corrected chi connectivity index (χ4v) is 5.26. The largest absolute Gasteiger partial charge is 0.494 e. The molecule has 8 nitrogen and oxygen atoms in total. The molecule has 2 aromatic carbocycles. The Hall–Kier alpha value is -3.40. The third-order valence-corrected chi connectivity index (χ3v) is 6.82. The molecule has 0 radical (unpaired) electrons. The number of anilines is 1. The SMILES string of the molecule is COc1c(-c2cccc3c2ccn3S(C)(=O)=O)c(F)cc2c1-n1c(C)nnc1C(C)(C)N2. The molecule has 1 aliphatic heterocycles. The fourth-order valence-electron chi connectivity index (χ4n) is 4.46. The summed E-state index contributed by atoms with van der Waals surface area (Å²) in [5.74, 6) is 1.15. The summed E-state index contributed by atoms with van der Waals surface area (Å²) in [6, 6.07) is 8.25. The van der Waals surface area contributed by atoms with Crippen molar-refractivity contribution < 1.29 is 17.5 Å². The van der Waals surface area contributed by atoms with Crippen molar-refractivity contribution in [3.05, 3.63) is 54.0 Å². The number of hydrogen-bond acceptors (Lipinski definition) is 6. The molecule has 1 N–H and O–H groups in total. The molecule has 5 rings (SSSR count). The number of methoxy groups -OCH3 is 1. The minimum Gasteiger partial charge on any atom is -0.494 e. The van der Waals surface area contributed by atoms with E-state index < -0.39 is 21.4 Å². The molecule has 0 amide bonds. The molecule has 0 bridgehead atoms. The molecule has 0 fully saturated rings. The van der Waals surface area contributed by atoms with Gasteiger partial charge in [0.25, 0.3) is 0 Å². The predicted octanol–water partition coefficient (Wildman–Crippen LogP) is 3.81. The molecule has 32 heavy (non-hydrogen) atoms. The van der Waals surface area contributed by atoms with Gasteiger partial charge >= 0.3 is 0 Å². The number of fused-ring (bicyclic) bond motifs is 4. The zero-order chi connectivity index (χ0) is 23.0. The van der Waals surface area contributed by atoms with Gasteiger partial charge in [0.15, 0.2) is 11.6 Å². The van der Waals surface area contributed by atoms with Gasteiger partial charge in [-0.2, -0.15) is 0 Å². The first kappa shape index (κ1) is 20.5. The lowest BCUT2D eigenvalue weighted by molar-refractivity contribution is 0.408. The molecular formula is C22H22FN5O3S. The molecular weight excluding hydrogens is 433 g/mol. The second-order valence-electron chi connectivity index (χ2n) is 8.43. The lowest BCUT2D eigenvalue weighted by Gasteiger charge is -2.35. The standard InChI is InChI=1S/C22H22FN5O3S/c1-12-25-26-21-22(2,3)24-16-11-15(23)18(20(31-4)19(16)28(12)21)14-7-6-8-17-13(14)9-10-27(17)32(5,29)30/h6-11,24H,1-5H3.